The summed E-state index contributed by atoms with van der Waals surface area (Å²) in [5.41, 5.74) is 3.28. The van der Waals surface area contributed by atoms with Crippen molar-refractivity contribution in [1.29, 1.82) is 0 Å². The van der Waals surface area contributed by atoms with Crippen molar-refractivity contribution in [2.75, 3.05) is 13.2 Å². The number of rotatable bonds is 8. The number of hydrogen-bond acceptors (Lipinski definition) is 4. The van der Waals surface area contributed by atoms with Gasteiger partial charge in [-0.1, -0.05) is 60.2 Å². The Balaban J connectivity index is 1.52. The van der Waals surface area contributed by atoms with Crippen LogP contribution in [0.3, 0.4) is 0 Å². The summed E-state index contributed by atoms with van der Waals surface area (Å²) < 4.78 is 0. The molecule has 1 heterocycles. The van der Waals surface area contributed by atoms with Crippen molar-refractivity contribution in [3.63, 3.8) is 0 Å². The molecule has 0 bridgehead atoms. The zero-order valence-electron chi connectivity index (χ0n) is 17.1. The van der Waals surface area contributed by atoms with Crippen molar-refractivity contribution in [1.82, 2.24) is 10.6 Å². The second-order valence-electron chi connectivity index (χ2n) is 8.07. The molecule has 1 saturated heterocycles. The molecule has 1 amide bonds. The van der Waals surface area contributed by atoms with E-state index in [4.69, 9.17) is 0 Å². The SMILES string of the molecule is Cc1ccc(CC[C@@H]2CCN[C@H](C(=O)N[C@H](CO)[C@H](O)c3ccccc3)C2)cc1. The van der Waals surface area contributed by atoms with E-state index in [1.165, 1.54) is 11.1 Å². The van der Waals surface area contributed by atoms with Crippen LogP contribution < -0.4 is 10.6 Å². The number of aryl methyl sites for hydroxylation is 2. The molecule has 29 heavy (non-hydrogen) atoms. The molecule has 4 atom stereocenters. The van der Waals surface area contributed by atoms with Crippen LogP contribution in [0.4, 0.5) is 0 Å². The molecule has 0 aromatic heterocycles. The Morgan fingerprint density at radius 3 is 2.59 bits per heavy atom. The van der Waals surface area contributed by atoms with Crippen molar-refractivity contribution in [2.45, 2.75) is 50.8 Å². The number of carbonyl (C=O) groups is 1. The molecule has 0 unspecified atom stereocenters. The summed E-state index contributed by atoms with van der Waals surface area (Å²) in [5.74, 6) is 0.332. The average molecular weight is 397 g/mol. The van der Waals surface area contributed by atoms with E-state index in [1.807, 2.05) is 18.2 Å². The maximum atomic E-state index is 12.8. The molecule has 2 aromatic rings. The molecule has 2 aromatic carbocycles. The molecular formula is C24H32N2O3. The van der Waals surface area contributed by atoms with Crippen LogP contribution in [-0.2, 0) is 11.2 Å². The first-order valence-electron chi connectivity index (χ1n) is 10.5. The Bertz CT molecular complexity index is 763. The standard InChI is InChI=1S/C24H32N2O3/c1-17-7-9-18(10-8-17)11-12-19-13-14-25-21(15-19)24(29)26-22(16-27)23(28)20-5-3-2-4-6-20/h2-10,19,21-23,25,27-28H,11-16H2,1H3,(H,26,29)/t19-,21+,22-,23-/m1/s1. The first-order valence-corrected chi connectivity index (χ1v) is 10.5. The lowest BCUT2D eigenvalue weighted by Crippen LogP contribution is -2.53. The minimum Gasteiger partial charge on any atom is -0.394 e. The van der Waals surface area contributed by atoms with Crippen LogP contribution in [0.25, 0.3) is 0 Å². The third-order valence-corrected chi connectivity index (χ3v) is 5.84. The van der Waals surface area contributed by atoms with Gasteiger partial charge in [-0.15, -0.1) is 0 Å². The molecule has 0 spiro atoms. The summed E-state index contributed by atoms with van der Waals surface area (Å²) in [6.45, 7) is 2.58. The average Bonchev–Trinajstić information content (AvgIpc) is 2.77. The topological polar surface area (TPSA) is 81.6 Å². The summed E-state index contributed by atoms with van der Waals surface area (Å²) in [6, 6.07) is 16.7. The van der Waals surface area contributed by atoms with Crippen LogP contribution in [0.2, 0.25) is 0 Å². The quantitative estimate of drug-likeness (QED) is 0.553. The number of benzene rings is 2. The molecule has 5 nitrogen and oxygen atoms in total. The summed E-state index contributed by atoms with van der Waals surface area (Å²) in [6.07, 6.45) is 2.98. The third-order valence-electron chi connectivity index (χ3n) is 5.84. The number of carbonyl (C=O) groups excluding carboxylic acids is 1. The maximum Gasteiger partial charge on any atom is 0.237 e. The first kappa shape index (κ1) is 21.5. The summed E-state index contributed by atoms with van der Waals surface area (Å²) in [4.78, 5) is 12.8. The monoisotopic (exact) mass is 396 g/mol. The van der Waals surface area contributed by atoms with Gasteiger partial charge in [0.15, 0.2) is 0 Å². The number of aliphatic hydroxyl groups excluding tert-OH is 2. The van der Waals surface area contributed by atoms with Crippen LogP contribution in [0, 0.1) is 12.8 Å². The lowest BCUT2D eigenvalue weighted by molar-refractivity contribution is -0.126. The first-order chi connectivity index (χ1) is 14.1. The van der Waals surface area contributed by atoms with Gasteiger partial charge < -0.3 is 20.8 Å². The second-order valence-corrected chi connectivity index (χ2v) is 8.07. The van der Waals surface area contributed by atoms with Gasteiger partial charge in [0.05, 0.1) is 18.7 Å². The molecule has 0 saturated carbocycles. The molecule has 5 heteroatoms. The van der Waals surface area contributed by atoms with Gasteiger partial charge in [-0.3, -0.25) is 4.79 Å². The van der Waals surface area contributed by atoms with Gasteiger partial charge in [-0.05, 0) is 56.2 Å². The highest BCUT2D eigenvalue weighted by Gasteiger charge is 2.30. The maximum absolute atomic E-state index is 12.8. The predicted molar refractivity (Wildman–Crippen MR) is 114 cm³/mol. The fourth-order valence-corrected chi connectivity index (χ4v) is 3.97. The van der Waals surface area contributed by atoms with E-state index in [9.17, 15) is 15.0 Å². The van der Waals surface area contributed by atoms with Gasteiger partial charge >= 0.3 is 0 Å². The van der Waals surface area contributed by atoms with E-state index >= 15 is 0 Å². The molecule has 4 N–H and O–H groups in total. The highest BCUT2D eigenvalue weighted by Crippen LogP contribution is 2.23. The number of nitrogens with one attached hydrogen (secondary N) is 2. The number of hydrogen-bond donors (Lipinski definition) is 4. The van der Waals surface area contributed by atoms with E-state index in [2.05, 4.69) is 41.8 Å². The number of aliphatic hydroxyl groups is 2. The van der Waals surface area contributed by atoms with Gasteiger partial charge in [0.25, 0.3) is 0 Å². The van der Waals surface area contributed by atoms with Crippen LogP contribution in [0.5, 0.6) is 0 Å². The molecule has 1 aliphatic heterocycles. The van der Waals surface area contributed by atoms with Crippen molar-refractivity contribution in [3.8, 4) is 0 Å². The van der Waals surface area contributed by atoms with Crippen LogP contribution in [0.1, 0.15) is 42.1 Å². The fraction of sp³-hybridized carbons (Fsp3) is 0.458. The Kier molecular flexibility index (Phi) is 7.81. The van der Waals surface area contributed by atoms with E-state index in [0.717, 1.165) is 32.2 Å². The van der Waals surface area contributed by atoms with Crippen molar-refractivity contribution >= 4 is 5.91 Å². The highest BCUT2D eigenvalue weighted by atomic mass is 16.3. The Morgan fingerprint density at radius 1 is 1.17 bits per heavy atom. The summed E-state index contributed by atoms with van der Waals surface area (Å²) in [7, 11) is 0. The normalized spacial score (nSPS) is 21.3. The van der Waals surface area contributed by atoms with E-state index in [-0.39, 0.29) is 18.6 Å². The van der Waals surface area contributed by atoms with Gasteiger partial charge in [-0.25, -0.2) is 0 Å². The number of amides is 1. The van der Waals surface area contributed by atoms with Crippen molar-refractivity contribution in [2.24, 2.45) is 5.92 Å². The summed E-state index contributed by atoms with van der Waals surface area (Å²) in [5, 5.41) is 26.3. The molecule has 1 fully saturated rings. The minimum absolute atomic E-state index is 0.154. The van der Waals surface area contributed by atoms with Crippen LogP contribution in [0.15, 0.2) is 54.6 Å². The summed E-state index contributed by atoms with van der Waals surface area (Å²) >= 11 is 0. The second kappa shape index (κ2) is 10.5. The van der Waals surface area contributed by atoms with Crippen LogP contribution >= 0.6 is 0 Å². The third kappa shape index (κ3) is 6.13. The lowest BCUT2D eigenvalue weighted by Gasteiger charge is -2.31. The van der Waals surface area contributed by atoms with Crippen LogP contribution in [-0.4, -0.2) is 41.4 Å². The van der Waals surface area contributed by atoms with Gasteiger partial charge in [0.1, 0.15) is 6.10 Å². The molecule has 3 rings (SSSR count). The zero-order valence-corrected chi connectivity index (χ0v) is 17.1. The smallest absolute Gasteiger partial charge is 0.237 e. The molecule has 156 valence electrons. The predicted octanol–water partition coefficient (Wildman–Crippen LogP) is 2.51. The minimum atomic E-state index is -0.939. The Morgan fingerprint density at radius 2 is 1.90 bits per heavy atom. The largest absolute Gasteiger partial charge is 0.394 e. The molecule has 0 radical (unpaired) electrons. The molecule has 0 aliphatic carbocycles. The zero-order chi connectivity index (χ0) is 20.6. The van der Waals surface area contributed by atoms with Gasteiger partial charge in [0, 0.05) is 0 Å². The fourth-order valence-electron chi connectivity index (χ4n) is 3.97. The lowest BCUT2D eigenvalue weighted by atomic mass is 9.87. The van der Waals surface area contributed by atoms with E-state index in [1.54, 1.807) is 12.1 Å². The molecule has 1 aliphatic rings. The Labute approximate surface area is 173 Å². The van der Waals surface area contributed by atoms with Gasteiger partial charge in [-0.2, -0.15) is 0 Å². The molecular weight excluding hydrogens is 364 g/mol. The highest BCUT2D eigenvalue weighted by molar-refractivity contribution is 5.82. The van der Waals surface area contributed by atoms with Crippen molar-refractivity contribution in [3.05, 3.63) is 71.3 Å². The van der Waals surface area contributed by atoms with E-state index in [0.29, 0.717) is 11.5 Å². The van der Waals surface area contributed by atoms with Crippen molar-refractivity contribution < 1.29 is 15.0 Å². The van der Waals surface area contributed by atoms with Gasteiger partial charge in [0.2, 0.25) is 5.91 Å². The van der Waals surface area contributed by atoms with E-state index < -0.39 is 12.1 Å². The Hall–Kier alpha value is -2.21. The number of piperidine rings is 1.